The molecular formula is C34H10F7N11O. The Morgan fingerprint density at radius 3 is 2.08 bits per heavy atom. The second kappa shape index (κ2) is 12.1. The topological polar surface area (TPSA) is 175 Å². The number of nitrogens with zero attached hydrogens (tertiary/aromatic N) is 11. The smallest absolute Gasteiger partial charge is 0.266 e. The van der Waals surface area contributed by atoms with E-state index in [0.717, 1.165) is 6.07 Å². The molecule has 3 aromatic heterocycles. The minimum atomic E-state index is -2.43. The Morgan fingerprint density at radius 1 is 0.679 bits per heavy atom. The van der Waals surface area contributed by atoms with E-state index in [9.17, 15) is 41.3 Å². The molecule has 12 nitrogen and oxygen atoms in total. The van der Waals surface area contributed by atoms with E-state index < -0.39 is 57.9 Å². The molecule has 0 aliphatic carbocycles. The Balaban J connectivity index is 1.35. The van der Waals surface area contributed by atoms with Crippen molar-refractivity contribution >= 4 is 22.2 Å². The molecule has 0 bridgehead atoms. The van der Waals surface area contributed by atoms with Gasteiger partial charge in [-0.05, 0) is 31.2 Å². The number of hydrogen-bond acceptors (Lipinski definition) is 12. The monoisotopic (exact) mass is 721 g/mol. The predicted molar refractivity (Wildman–Crippen MR) is 163 cm³/mol. The number of rotatable bonds is 4. The van der Waals surface area contributed by atoms with Crippen LogP contribution in [0.5, 0.6) is 0 Å². The maximum absolute atomic E-state index is 14.7. The van der Waals surface area contributed by atoms with Gasteiger partial charge >= 0.3 is 0 Å². The fourth-order valence-corrected chi connectivity index (χ4v) is 5.38. The van der Waals surface area contributed by atoms with Crippen LogP contribution < -0.4 is 21.4 Å². The predicted octanol–water partition coefficient (Wildman–Crippen LogP) is 4.37. The minimum absolute atomic E-state index is 0.0269. The van der Waals surface area contributed by atoms with Crippen molar-refractivity contribution in [3.8, 4) is 35.2 Å². The molecule has 2 aliphatic heterocycles. The minimum Gasteiger partial charge on any atom is -0.434 e. The molecule has 0 N–H and O–H groups in total. The van der Waals surface area contributed by atoms with Gasteiger partial charge in [0.2, 0.25) is 23.5 Å². The Hall–Kier alpha value is -7.54. The van der Waals surface area contributed by atoms with Crippen LogP contribution in [-0.2, 0) is 0 Å². The van der Waals surface area contributed by atoms with Gasteiger partial charge in [-0.2, -0.15) is 24.3 Å². The Kier molecular flexibility index (Phi) is 7.43. The number of nitriles is 2. The highest BCUT2D eigenvalue weighted by Crippen LogP contribution is 2.32. The molecule has 53 heavy (non-hydrogen) atoms. The third-order valence-corrected chi connectivity index (χ3v) is 7.88. The molecule has 0 amide bonds. The number of fused-ring (bicyclic) bond motifs is 3. The van der Waals surface area contributed by atoms with Crippen LogP contribution in [0.1, 0.15) is 23.9 Å². The van der Waals surface area contributed by atoms with E-state index in [4.69, 9.17) is 4.42 Å². The normalized spacial score (nSPS) is 14.7. The maximum Gasteiger partial charge on any atom is 0.266 e. The molecule has 2 aliphatic rings. The number of oxazole rings is 1. The van der Waals surface area contributed by atoms with E-state index >= 15 is 0 Å². The fourth-order valence-electron chi connectivity index (χ4n) is 5.38. The van der Waals surface area contributed by atoms with Crippen LogP contribution in [0.2, 0.25) is 0 Å². The highest BCUT2D eigenvalue weighted by atomic mass is 19.2. The second-order valence-electron chi connectivity index (χ2n) is 11.0. The molecule has 0 spiro atoms. The molecule has 0 atom stereocenters. The molecule has 0 unspecified atom stereocenters. The Bertz CT molecular complexity index is 3030. The Labute approximate surface area is 288 Å². The lowest BCUT2D eigenvalue weighted by Crippen LogP contribution is -2.27. The van der Waals surface area contributed by atoms with Crippen molar-refractivity contribution in [3.63, 3.8) is 0 Å². The summed E-state index contributed by atoms with van der Waals surface area (Å²) >= 11 is 0. The van der Waals surface area contributed by atoms with Gasteiger partial charge in [0, 0.05) is 17.2 Å². The van der Waals surface area contributed by atoms with Crippen molar-refractivity contribution in [1.82, 2.24) is 24.9 Å². The van der Waals surface area contributed by atoms with Gasteiger partial charge in [-0.3, -0.25) is 0 Å². The molecule has 8 rings (SSSR count). The summed E-state index contributed by atoms with van der Waals surface area (Å²) in [6, 6.07) is 13.5. The third kappa shape index (κ3) is 5.17. The SMILES string of the molecule is C/C(=C1\N=c2cc(F)nc(F)c2=N1)c1nc(-c2nc3ccccc3o2)nc(-c2ccc3c(c2C#N)=N/C(=C(\C#N)c2c(F)c(F)c(F)c(F)c2F)N=3)n1. The van der Waals surface area contributed by atoms with Gasteiger partial charge in [-0.25, -0.2) is 61.9 Å². The van der Waals surface area contributed by atoms with E-state index in [1.54, 1.807) is 24.3 Å². The second-order valence-corrected chi connectivity index (χ2v) is 11.0. The summed E-state index contributed by atoms with van der Waals surface area (Å²) in [5.74, 6) is -15.3. The van der Waals surface area contributed by atoms with Crippen molar-refractivity contribution in [2.75, 3.05) is 0 Å². The molecular weight excluding hydrogens is 711 g/mol. The quantitative estimate of drug-likeness (QED) is 0.0848. The molecule has 5 heterocycles. The van der Waals surface area contributed by atoms with Crippen molar-refractivity contribution in [3.05, 3.63) is 133 Å². The molecule has 0 saturated carbocycles. The van der Waals surface area contributed by atoms with Gasteiger partial charge in [-0.1, -0.05) is 12.1 Å². The number of benzene rings is 3. The van der Waals surface area contributed by atoms with E-state index in [2.05, 4.69) is 44.9 Å². The zero-order valence-electron chi connectivity index (χ0n) is 26.0. The van der Waals surface area contributed by atoms with Crippen molar-refractivity contribution in [2.24, 2.45) is 20.0 Å². The first-order chi connectivity index (χ1) is 25.5. The molecule has 256 valence electrons. The van der Waals surface area contributed by atoms with Crippen LogP contribution >= 0.6 is 0 Å². The number of allylic oxidation sites excluding steroid dienone is 2. The van der Waals surface area contributed by atoms with Crippen LogP contribution in [0.25, 0.3) is 45.3 Å². The standard InChI is InChI=1S/C34H10F7N11O/c1-11(29-45-17-8-19(35)47-28(41)27(17)49-29)30-50-31(52-33(51-30)34-46-15-4-2-3-5-18(15)53-34)12-6-7-16-26(13(12)9-42)48-32(44-16)14(10-43)20-21(36)23(38)25(40)24(39)22(20)37/h2-8H,1H3/b29-11-,32-14+. The summed E-state index contributed by atoms with van der Waals surface area (Å²) in [5, 5.41) is 19.3. The zero-order chi connectivity index (χ0) is 37.3. The van der Waals surface area contributed by atoms with Gasteiger partial charge in [-0.15, -0.1) is 0 Å². The van der Waals surface area contributed by atoms with Crippen LogP contribution in [0.4, 0.5) is 30.7 Å². The number of halogens is 7. The summed E-state index contributed by atoms with van der Waals surface area (Å²) < 4.78 is 105. The summed E-state index contributed by atoms with van der Waals surface area (Å²) in [7, 11) is 0. The average molecular weight is 722 g/mol. The lowest BCUT2D eigenvalue weighted by Gasteiger charge is -2.08. The number of aromatic nitrogens is 5. The highest BCUT2D eigenvalue weighted by molar-refractivity contribution is 5.80. The molecule has 6 aromatic rings. The van der Waals surface area contributed by atoms with Crippen LogP contribution in [0, 0.1) is 63.6 Å². The summed E-state index contributed by atoms with van der Waals surface area (Å²) in [6.07, 6.45) is 0. The van der Waals surface area contributed by atoms with Crippen molar-refractivity contribution in [1.29, 1.82) is 10.5 Å². The largest absolute Gasteiger partial charge is 0.434 e. The first-order valence-electron chi connectivity index (χ1n) is 14.8. The van der Waals surface area contributed by atoms with Crippen LogP contribution in [0.3, 0.4) is 0 Å². The maximum atomic E-state index is 14.7. The van der Waals surface area contributed by atoms with Gasteiger partial charge in [0.25, 0.3) is 5.89 Å². The Morgan fingerprint density at radius 2 is 1.36 bits per heavy atom. The molecule has 3 aromatic carbocycles. The van der Waals surface area contributed by atoms with Crippen molar-refractivity contribution < 1.29 is 35.2 Å². The number of para-hydroxylation sites is 2. The summed E-state index contributed by atoms with van der Waals surface area (Å²) in [5.41, 5.74) is -2.02. The first-order valence-corrected chi connectivity index (χ1v) is 14.8. The highest BCUT2D eigenvalue weighted by Gasteiger charge is 2.30. The van der Waals surface area contributed by atoms with Gasteiger partial charge < -0.3 is 4.42 Å². The molecule has 0 fully saturated rings. The van der Waals surface area contributed by atoms with E-state index in [1.165, 1.54) is 25.1 Å². The van der Waals surface area contributed by atoms with E-state index in [0.29, 0.717) is 11.1 Å². The van der Waals surface area contributed by atoms with Gasteiger partial charge in [0.1, 0.15) is 39.3 Å². The lowest BCUT2D eigenvalue weighted by molar-refractivity contribution is 0.376. The van der Waals surface area contributed by atoms with Crippen LogP contribution in [0.15, 0.2) is 78.5 Å². The summed E-state index contributed by atoms with van der Waals surface area (Å²) in [4.78, 5) is 37.3. The lowest BCUT2D eigenvalue weighted by atomic mass is 10.0. The van der Waals surface area contributed by atoms with E-state index in [1.807, 2.05) is 6.07 Å². The molecule has 0 saturated heterocycles. The molecule has 0 radical (unpaired) electrons. The van der Waals surface area contributed by atoms with Crippen molar-refractivity contribution in [2.45, 2.75) is 6.92 Å². The van der Waals surface area contributed by atoms with Gasteiger partial charge in [0.15, 0.2) is 52.1 Å². The average Bonchev–Trinajstić information content (AvgIpc) is 3.91. The summed E-state index contributed by atoms with van der Waals surface area (Å²) in [6.45, 7) is 1.48. The fraction of sp³-hybridized carbons (Fsp3) is 0.0294. The van der Waals surface area contributed by atoms with Crippen LogP contribution in [-0.4, -0.2) is 24.9 Å². The first kappa shape index (κ1) is 32.7. The number of hydrogen-bond donors (Lipinski definition) is 0. The third-order valence-electron chi connectivity index (χ3n) is 7.88. The zero-order valence-corrected chi connectivity index (χ0v) is 26.0. The number of pyridine rings is 1. The van der Waals surface area contributed by atoms with E-state index in [-0.39, 0.29) is 67.3 Å². The van der Waals surface area contributed by atoms with Gasteiger partial charge in [0.05, 0.1) is 16.5 Å². The molecule has 19 heteroatoms.